The summed E-state index contributed by atoms with van der Waals surface area (Å²) >= 11 is 0. The summed E-state index contributed by atoms with van der Waals surface area (Å²) in [5, 5.41) is 2.98. The molecular weight excluding hydrogens is 378 g/mol. The first-order valence-electron chi connectivity index (χ1n) is 10.6. The maximum atomic E-state index is 13.4. The maximum absolute atomic E-state index is 13.4. The molecule has 6 nitrogen and oxygen atoms in total. The molecule has 0 saturated carbocycles. The molecule has 0 fully saturated rings. The molecule has 30 heavy (non-hydrogen) atoms. The van der Waals surface area contributed by atoms with Gasteiger partial charge in [-0.2, -0.15) is 0 Å². The van der Waals surface area contributed by atoms with Crippen LogP contribution in [0.15, 0.2) is 30.3 Å². The molecule has 0 aromatic heterocycles. The lowest BCUT2D eigenvalue weighted by molar-refractivity contribution is -0.142. The molecule has 0 aliphatic heterocycles. The fourth-order valence-electron chi connectivity index (χ4n) is 4.04. The van der Waals surface area contributed by atoms with Crippen molar-refractivity contribution in [2.24, 2.45) is 11.8 Å². The second kappa shape index (κ2) is 10.7. The van der Waals surface area contributed by atoms with Gasteiger partial charge in [-0.05, 0) is 31.5 Å². The minimum atomic E-state index is -0.710. The molecule has 0 bridgehead atoms. The van der Waals surface area contributed by atoms with E-state index in [1.54, 1.807) is 7.05 Å². The van der Waals surface area contributed by atoms with Crippen molar-refractivity contribution in [2.45, 2.75) is 65.1 Å². The van der Waals surface area contributed by atoms with Gasteiger partial charge >= 0.3 is 0 Å². The van der Waals surface area contributed by atoms with Crippen LogP contribution < -0.4 is 5.32 Å². The van der Waals surface area contributed by atoms with Gasteiger partial charge in [-0.15, -0.1) is 0 Å². The Morgan fingerprint density at radius 1 is 0.967 bits per heavy atom. The van der Waals surface area contributed by atoms with Crippen LogP contribution in [0.1, 0.15) is 47.1 Å². The zero-order valence-electron chi connectivity index (χ0n) is 20.0. The van der Waals surface area contributed by atoms with E-state index in [9.17, 15) is 14.4 Å². The van der Waals surface area contributed by atoms with Gasteiger partial charge in [0.15, 0.2) is 0 Å². The molecule has 0 spiro atoms. The molecule has 168 valence electrons. The number of likely N-dealkylation sites (N-methyl/N-ethyl adjacent to an activating group) is 2. The molecule has 1 aromatic carbocycles. The Hall–Kier alpha value is -2.21. The van der Waals surface area contributed by atoms with Crippen LogP contribution >= 0.6 is 0 Å². The van der Waals surface area contributed by atoms with E-state index < -0.39 is 23.5 Å². The van der Waals surface area contributed by atoms with Gasteiger partial charge in [0, 0.05) is 12.5 Å². The molecule has 0 heterocycles. The highest BCUT2D eigenvalue weighted by molar-refractivity contribution is 5.91. The third-order valence-corrected chi connectivity index (χ3v) is 5.81. The molecule has 2 amide bonds. The average Bonchev–Trinajstić information content (AvgIpc) is 2.65. The smallest absolute Gasteiger partial charge is 0.245 e. The van der Waals surface area contributed by atoms with Crippen molar-refractivity contribution in [1.29, 1.82) is 0 Å². The van der Waals surface area contributed by atoms with Gasteiger partial charge in [0.05, 0.1) is 12.1 Å². The minimum absolute atomic E-state index is 0.00787. The Morgan fingerprint density at radius 2 is 1.50 bits per heavy atom. The van der Waals surface area contributed by atoms with E-state index in [-0.39, 0.29) is 23.7 Å². The van der Waals surface area contributed by atoms with Gasteiger partial charge in [0.25, 0.3) is 0 Å². The molecule has 6 heteroatoms. The third kappa shape index (κ3) is 5.91. The van der Waals surface area contributed by atoms with Crippen molar-refractivity contribution in [2.75, 3.05) is 21.1 Å². The Morgan fingerprint density at radius 3 is 1.90 bits per heavy atom. The molecule has 0 aliphatic rings. The van der Waals surface area contributed by atoms with Crippen LogP contribution in [0.3, 0.4) is 0 Å². The Labute approximate surface area is 182 Å². The lowest BCUT2D eigenvalue weighted by Crippen LogP contribution is -2.60. The molecule has 0 aliphatic carbocycles. The van der Waals surface area contributed by atoms with Crippen molar-refractivity contribution in [3.8, 4) is 0 Å². The van der Waals surface area contributed by atoms with Crippen LogP contribution in [0.4, 0.5) is 0 Å². The quantitative estimate of drug-likeness (QED) is 0.594. The van der Waals surface area contributed by atoms with E-state index in [0.717, 1.165) is 11.8 Å². The Kier molecular flexibility index (Phi) is 9.22. The number of rotatable bonds is 10. The van der Waals surface area contributed by atoms with Crippen LogP contribution in [0, 0.1) is 11.8 Å². The van der Waals surface area contributed by atoms with E-state index in [1.165, 1.54) is 4.90 Å². The number of hydrogen-bond acceptors (Lipinski definition) is 4. The van der Waals surface area contributed by atoms with Gasteiger partial charge in [-0.3, -0.25) is 14.5 Å². The highest BCUT2D eigenvalue weighted by Crippen LogP contribution is 2.30. The topological polar surface area (TPSA) is 69.7 Å². The SMILES string of the molecule is CC(C)C(NC(=O)[C@@H](N(C)C)C(C)(C)c1ccccc1)C(=O)N(C)[C@H](C=O)C(C)C. The van der Waals surface area contributed by atoms with Crippen molar-refractivity contribution in [3.63, 3.8) is 0 Å². The predicted molar refractivity (Wildman–Crippen MR) is 121 cm³/mol. The van der Waals surface area contributed by atoms with Gasteiger partial charge < -0.3 is 15.0 Å². The summed E-state index contributed by atoms with van der Waals surface area (Å²) in [7, 11) is 5.36. The Bertz CT molecular complexity index is 714. The highest BCUT2D eigenvalue weighted by atomic mass is 16.2. The van der Waals surface area contributed by atoms with E-state index in [4.69, 9.17) is 0 Å². The van der Waals surface area contributed by atoms with Crippen LogP contribution in [0.2, 0.25) is 0 Å². The number of nitrogens with one attached hydrogen (secondary N) is 1. The molecule has 1 unspecified atom stereocenters. The van der Waals surface area contributed by atoms with Crippen molar-refractivity contribution < 1.29 is 14.4 Å². The fraction of sp³-hybridized carbons (Fsp3) is 0.625. The summed E-state index contributed by atoms with van der Waals surface area (Å²) in [5.41, 5.74) is 0.568. The first-order valence-corrected chi connectivity index (χ1v) is 10.6. The van der Waals surface area contributed by atoms with Crippen LogP contribution in [-0.2, 0) is 19.8 Å². The molecule has 1 N–H and O–H groups in total. The van der Waals surface area contributed by atoms with Crippen molar-refractivity contribution >= 4 is 18.1 Å². The normalized spacial score (nSPS) is 15.1. The minimum Gasteiger partial charge on any atom is -0.343 e. The van der Waals surface area contributed by atoms with Gasteiger partial charge in [-0.25, -0.2) is 0 Å². The van der Waals surface area contributed by atoms with E-state index in [2.05, 4.69) is 5.32 Å². The largest absolute Gasteiger partial charge is 0.343 e. The van der Waals surface area contributed by atoms with Crippen molar-refractivity contribution in [3.05, 3.63) is 35.9 Å². The molecular formula is C24H39N3O3. The summed E-state index contributed by atoms with van der Waals surface area (Å²) in [6.45, 7) is 11.7. The summed E-state index contributed by atoms with van der Waals surface area (Å²) in [5.74, 6) is -0.585. The number of benzene rings is 1. The standard InChI is InChI=1S/C24H39N3O3/c1-16(2)19(15-28)27(9)23(30)20(17(3)4)25-22(29)21(26(7)8)24(5,6)18-13-11-10-12-14-18/h10-17,19-21H,1-9H3,(H,25,29)/t19-,20?,21-/m1/s1. The van der Waals surface area contributed by atoms with E-state index in [1.807, 2.05) is 90.9 Å². The molecule has 1 aromatic rings. The maximum Gasteiger partial charge on any atom is 0.245 e. The fourth-order valence-corrected chi connectivity index (χ4v) is 4.04. The van der Waals surface area contributed by atoms with E-state index >= 15 is 0 Å². The summed E-state index contributed by atoms with van der Waals surface area (Å²) < 4.78 is 0. The second-order valence-corrected chi connectivity index (χ2v) is 9.50. The first-order chi connectivity index (χ1) is 13.9. The van der Waals surface area contributed by atoms with E-state index in [0.29, 0.717) is 0 Å². The second-order valence-electron chi connectivity index (χ2n) is 9.50. The number of carbonyl (C=O) groups excluding carboxylic acids is 3. The number of aldehydes is 1. The van der Waals surface area contributed by atoms with Gasteiger partial charge in [0.2, 0.25) is 11.8 Å². The predicted octanol–water partition coefficient (Wildman–Crippen LogP) is 2.72. The molecule has 0 radical (unpaired) electrons. The zero-order chi connectivity index (χ0) is 23.2. The zero-order valence-corrected chi connectivity index (χ0v) is 20.0. The number of nitrogens with zero attached hydrogens (tertiary/aromatic N) is 2. The summed E-state index contributed by atoms with van der Waals surface area (Å²) in [6.07, 6.45) is 0.795. The van der Waals surface area contributed by atoms with Gasteiger partial charge in [0.1, 0.15) is 12.3 Å². The molecule has 0 saturated heterocycles. The van der Waals surface area contributed by atoms with Crippen molar-refractivity contribution in [1.82, 2.24) is 15.1 Å². The number of hydrogen-bond donors (Lipinski definition) is 1. The highest BCUT2D eigenvalue weighted by Gasteiger charge is 2.40. The van der Waals surface area contributed by atoms with Crippen LogP contribution in [0.25, 0.3) is 0 Å². The lowest BCUT2D eigenvalue weighted by atomic mass is 9.76. The Balaban J connectivity index is 3.18. The monoisotopic (exact) mass is 417 g/mol. The van der Waals surface area contributed by atoms with Crippen LogP contribution in [-0.4, -0.2) is 67.2 Å². The lowest BCUT2D eigenvalue weighted by Gasteiger charge is -2.39. The molecule has 1 rings (SSSR count). The number of amides is 2. The van der Waals surface area contributed by atoms with Crippen LogP contribution in [0.5, 0.6) is 0 Å². The summed E-state index contributed by atoms with van der Waals surface area (Å²) in [4.78, 5) is 41.4. The first kappa shape index (κ1) is 25.8. The molecule has 3 atom stereocenters. The summed E-state index contributed by atoms with van der Waals surface area (Å²) in [6, 6.07) is 8.18. The third-order valence-electron chi connectivity index (χ3n) is 5.81. The number of carbonyl (C=O) groups is 3. The average molecular weight is 418 g/mol. The van der Waals surface area contributed by atoms with Gasteiger partial charge in [-0.1, -0.05) is 71.9 Å².